The Morgan fingerprint density at radius 3 is 2.32 bits per heavy atom. The van der Waals surface area contributed by atoms with Crippen LogP contribution in [-0.4, -0.2) is 20.9 Å². The Hall–Kier alpha value is -1.89. The van der Waals surface area contributed by atoms with Crippen LogP contribution in [0.15, 0.2) is 53.4 Å². The molecule has 0 aliphatic rings. The molecule has 0 aliphatic heterocycles. The lowest BCUT2D eigenvalue weighted by atomic mass is 10.1. The Labute approximate surface area is 134 Å². The predicted molar refractivity (Wildman–Crippen MR) is 85.3 cm³/mol. The molecule has 0 bridgehead atoms. The molecule has 116 valence electrons. The summed E-state index contributed by atoms with van der Waals surface area (Å²) in [6.45, 7) is 0.415. The number of primary sulfonamides is 1. The first kappa shape index (κ1) is 16.5. The second-order valence-corrected chi connectivity index (χ2v) is 6.64. The van der Waals surface area contributed by atoms with Crippen LogP contribution in [0.1, 0.15) is 15.9 Å². The van der Waals surface area contributed by atoms with Gasteiger partial charge in [0, 0.05) is 6.54 Å². The molecule has 0 heterocycles. The molecular formula is C15H15ClN2O3S. The predicted octanol–water partition coefficient (Wildman–Crippen LogP) is 1.96. The zero-order valence-corrected chi connectivity index (χ0v) is 13.2. The Morgan fingerprint density at radius 1 is 1.09 bits per heavy atom. The van der Waals surface area contributed by atoms with Gasteiger partial charge in [-0.2, -0.15) is 0 Å². The summed E-state index contributed by atoms with van der Waals surface area (Å²) >= 11 is 5.95. The number of rotatable bonds is 5. The summed E-state index contributed by atoms with van der Waals surface area (Å²) in [5, 5.41) is 8.20. The highest BCUT2D eigenvalue weighted by atomic mass is 35.5. The number of halogens is 1. The van der Waals surface area contributed by atoms with Crippen LogP contribution >= 0.6 is 11.6 Å². The summed E-state index contributed by atoms with van der Waals surface area (Å²) in [6.07, 6.45) is 0.571. The maximum absolute atomic E-state index is 11.9. The van der Waals surface area contributed by atoms with E-state index in [1.165, 1.54) is 12.1 Å². The number of benzene rings is 2. The van der Waals surface area contributed by atoms with Gasteiger partial charge >= 0.3 is 0 Å². The summed E-state index contributed by atoms with van der Waals surface area (Å²) in [7, 11) is -3.68. The van der Waals surface area contributed by atoms with Crippen LogP contribution in [0, 0.1) is 0 Å². The van der Waals surface area contributed by atoms with E-state index in [4.69, 9.17) is 16.7 Å². The van der Waals surface area contributed by atoms with Crippen LogP contribution in [0.5, 0.6) is 0 Å². The molecule has 5 nitrogen and oxygen atoms in total. The van der Waals surface area contributed by atoms with Crippen molar-refractivity contribution in [3.63, 3.8) is 0 Å². The molecule has 7 heteroatoms. The summed E-state index contributed by atoms with van der Waals surface area (Å²) in [5.41, 5.74) is 1.32. The molecule has 2 aromatic rings. The highest BCUT2D eigenvalue weighted by molar-refractivity contribution is 7.89. The molecule has 2 aromatic carbocycles. The second kappa shape index (κ2) is 6.91. The molecule has 0 aliphatic carbocycles. The average Bonchev–Trinajstić information content (AvgIpc) is 2.47. The SMILES string of the molecule is NS(=O)(=O)c1ccc(CCNC(=O)c2ccccc2Cl)cc1. The van der Waals surface area contributed by atoms with Gasteiger partial charge in [-0.3, -0.25) is 4.79 Å². The normalized spacial score (nSPS) is 11.2. The minimum Gasteiger partial charge on any atom is -0.352 e. The van der Waals surface area contributed by atoms with Crippen molar-refractivity contribution in [3.8, 4) is 0 Å². The lowest BCUT2D eigenvalue weighted by Crippen LogP contribution is -2.25. The fourth-order valence-corrected chi connectivity index (χ4v) is 2.64. The molecule has 2 rings (SSSR count). The van der Waals surface area contributed by atoms with Gasteiger partial charge in [-0.05, 0) is 36.2 Å². The zero-order valence-electron chi connectivity index (χ0n) is 11.6. The van der Waals surface area contributed by atoms with Crippen molar-refractivity contribution in [3.05, 3.63) is 64.7 Å². The van der Waals surface area contributed by atoms with Crippen LogP contribution < -0.4 is 10.5 Å². The number of nitrogens with two attached hydrogens (primary N) is 1. The average molecular weight is 339 g/mol. The van der Waals surface area contributed by atoms with E-state index in [2.05, 4.69) is 5.32 Å². The number of hydrogen-bond donors (Lipinski definition) is 2. The van der Waals surface area contributed by atoms with Crippen molar-refractivity contribution < 1.29 is 13.2 Å². The summed E-state index contributed by atoms with van der Waals surface area (Å²) in [4.78, 5) is 12.0. The molecular weight excluding hydrogens is 324 g/mol. The summed E-state index contributed by atoms with van der Waals surface area (Å²) in [6, 6.07) is 13.0. The van der Waals surface area contributed by atoms with E-state index in [-0.39, 0.29) is 10.8 Å². The van der Waals surface area contributed by atoms with Gasteiger partial charge in [0.25, 0.3) is 5.91 Å². The van der Waals surface area contributed by atoms with Gasteiger partial charge < -0.3 is 5.32 Å². The zero-order chi connectivity index (χ0) is 16.2. The van der Waals surface area contributed by atoms with E-state index in [0.717, 1.165) is 5.56 Å². The topological polar surface area (TPSA) is 89.3 Å². The highest BCUT2D eigenvalue weighted by Gasteiger charge is 2.09. The van der Waals surface area contributed by atoms with Crippen LogP contribution in [0.3, 0.4) is 0 Å². The third-order valence-corrected chi connectivity index (χ3v) is 4.33. The maximum atomic E-state index is 11.9. The Morgan fingerprint density at radius 2 is 1.73 bits per heavy atom. The van der Waals surface area contributed by atoms with E-state index in [1.807, 2.05) is 0 Å². The van der Waals surface area contributed by atoms with Crippen molar-refractivity contribution >= 4 is 27.5 Å². The Balaban J connectivity index is 1.92. The molecule has 0 unspecified atom stereocenters. The third kappa shape index (κ3) is 4.30. The maximum Gasteiger partial charge on any atom is 0.252 e. The molecule has 0 radical (unpaired) electrons. The number of amides is 1. The lowest BCUT2D eigenvalue weighted by molar-refractivity contribution is 0.0954. The number of nitrogens with one attached hydrogen (secondary N) is 1. The fourth-order valence-electron chi connectivity index (χ4n) is 1.91. The van der Waals surface area contributed by atoms with Gasteiger partial charge in [0.15, 0.2) is 0 Å². The molecule has 0 atom stereocenters. The molecule has 0 saturated heterocycles. The van der Waals surface area contributed by atoms with Crippen molar-refractivity contribution in [2.75, 3.05) is 6.54 Å². The van der Waals surface area contributed by atoms with Crippen LogP contribution in [0.25, 0.3) is 0 Å². The lowest BCUT2D eigenvalue weighted by Gasteiger charge is -2.07. The largest absolute Gasteiger partial charge is 0.352 e. The van der Waals surface area contributed by atoms with Gasteiger partial charge in [0.05, 0.1) is 15.5 Å². The van der Waals surface area contributed by atoms with Crippen molar-refractivity contribution in [1.29, 1.82) is 0 Å². The molecule has 22 heavy (non-hydrogen) atoms. The minimum absolute atomic E-state index is 0.0661. The fraction of sp³-hybridized carbons (Fsp3) is 0.133. The Kier molecular flexibility index (Phi) is 5.18. The quantitative estimate of drug-likeness (QED) is 0.873. The molecule has 3 N–H and O–H groups in total. The van der Waals surface area contributed by atoms with E-state index < -0.39 is 10.0 Å². The summed E-state index contributed by atoms with van der Waals surface area (Å²) in [5.74, 6) is -0.244. The van der Waals surface area contributed by atoms with E-state index in [0.29, 0.717) is 23.6 Å². The smallest absolute Gasteiger partial charge is 0.252 e. The van der Waals surface area contributed by atoms with Gasteiger partial charge in [0.2, 0.25) is 10.0 Å². The molecule has 1 amide bonds. The van der Waals surface area contributed by atoms with Crippen LogP contribution in [0.4, 0.5) is 0 Å². The third-order valence-electron chi connectivity index (χ3n) is 3.07. The number of hydrogen-bond acceptors (Lipinski definition) is 3. The van der Waals surface area contributed by atoms with Gasteiger partial charge in [-0.25, -0.2) is 13.6 Å². The van der Waals surface area contributed by atoms with Crippen molar-refractivity contribution in [2.24, 2.45) is 5.14 Å². The van der Waals surface area contributed by atoms with E-state index >= 15 is 0 Å². The number of carbonyl (C=O) groups excluding carboxylic acids is 1. The standard InChI is InChI=1S/C15H15ClN2O3S/c16-14-4-2-1-3-13(14)15(19)18-10-9-11-5-7-12(8-6-11)22(17,20)21/h1-8H,9-10H2,(H,18,19)(H2,17,20,21). The van der Waals surface area contributed by atoms with E-state index in [9.17, 15) is 13.2 Å². The van der Waals surface area contributed by atoms with Crippen LogP contribution in [-0.2, 0) is 16.4 Å². The van der Waals surface area contributed by atoms with Gasteiger partial charge in [0.1, 0.15) is 0 Å². The molecule has 0 fully saturated rings. The highest BCUT2D eigenvalue weighted by Crippen LogP contribution is 2.14. The van der Waals surface area contributed by atoms with Gasteiger partial charge in [-0.15, -0.1) is 0 Å². The monoisotopic (exact) mass is 338 g/mol. The number of sulfonamides is 1. The first-order chi connectivity index (χ1) is 10.4. The van der Waals surface area contributed by atoms with Crippen LogP contribution in [0.2, 0.25) is 5.02 Å². The molecule has 0 saturated carbocycles. The van der Waals surface area contributed by atoms with Crippen molar-refractivity contribution in [1.82, 2.24) is 5.32 Å². The van der Waals surface area contributed by atoms with Crippen molar-refractivity contribution in [2.45, 2.75) is 11.3 Å². The Bertz CT molecular complexity index is 774. The van der Waals surface area contributed by atoms with E-state index in [1.54, 1.807) is 36.4 Å². The molecule has 0 spiro atoms. The van der Waals surface area contributed by atoms with Gasteiger partial charge in [-0.1, -0.05) is 35.9 Å². The number of carbonyl (C=O) groups is 1. The first-order valence-corrected chi connectivity index (χ1v) is 8.45. The summed E-state index contributed by atoms with van der Waals surface area (Å²) < 4.78 is 22.3. The minimum atomic E-state index is -3.68. The second-order valence-electron chi connectivity index (χ2n) is 4.67. The first-order valence-electron chi connectivity index (χ1n) is 6.52. The molecule has 0 aromatic heterocycles.